The second kappa shape index (κ2) is 5.93. The Balaban J connectivity index is 1.92. The number of fused-ring (bicyclic) bond motifs is 1. The molecule has 0 spiro atoms. The predicted molar refractivity (Wildman–Crippen MR) is 88.4 cm³/mol. The minimum Gasteiger partial charge on any atom is -0.334 e. The molecular weight excluding hydrogens is 368 g/mol. The molecule has 1 aliphatic heterocycles. The lowest BCUT2D eigenvalue weighted by Gasteiger charge is -2.29. The van der Waals surface area contributed by atoms with Crippen molar-refractivity contribution < 1.29 is 4.79 Å². The normalized spacial score (nSPS) is 14.8. The number of hydrogen-bond donors (Lipinski definition) is 1. The van der Waals surface area contributed by atoms with E-state index < -0.39 is 9.70 Å². The molecule has 0 saturated heterocycles. The summed E-state index contributed by atoms with van der Waals surface area (Å²) in [5.41, 5.74) is 3.65. The largest absolute Gasteiger partial charge is 0.334 e. The summed E-state index contributed by atoms with van der Waals surface area (Å²) in [6.07, 6.45) is 0.641. The lowest BCUT2D eigenvalue weighted by Crippen LogP contribution is -2.42. The number of alkyl halides is 3. The lowest BCUT2D eigenvalue weighted by atomic mass is 10.0. The Morgan fingerprint density at radius 2 is 1.91 bits per heavy atom. The number of H-pyrrole nitrogens is 1. The van der Waals surface area contributed by atoms with Gasteiger partial charge in [-0.2, -0.15) is 5.10 Å². The van der Waals surface area contributed by atoms with E-state index in [0.29, 0.717) is 24.5 Å². The average molecular weight is 379 g/mol. The van der Waals surface area contributed by atoms with Crippen LogP contribution in [0.2, 0.25) is 5.02 Å². The van der Waals surface area contributed by atoms with E-state index in [1.807, 2.05) is 12.1 Å². The summed E-state index contributed by atoms with van der Waals surface area (Å²) in [5, 5.41) is 8.02. The van der Waals surface area contributed by atoms with Crippen molar-refractivity contribution in [1.29, 1.82) is 0 Å². The first kappa shape index (κ1) is 15.9. The summed E-state index contributed by atoms with van der Waals surface area (Å²) in [6, 6.07) is 7.36. The number of carbonyl (C=O) groups excluding carboxylic acids is 1. The van der Waals surface area contributed by atoms with E-state index >= 15 is 0 Å². The van der Waals surface area contributed by atoms with Gasteiger partial charge in [0.05, 0.1) is 5.69 Å². The Morgan fingerprint density at radius 3 is 2.55 bits per heavy atom. The fourth-order valence-electron chi connectivity index (χ4n) is 2.49. The van der Waals surface area contributed by atoms with E-state index in [2.05, 4.69) is 10.2 Å². The van der Waals surface area contributed by atoms with Crippen molar-refractivity contribution in [3.05, 3.63) is 40.5 Å². The van der Waals surface area contributed by atoms with Crippen LogP contribution in [-0.2, 0) is 17.8 Å². The predicted octanol–water partition coefficient (Wildman–Crippen LogP) is 3.99. The highest BCUT2D eigenvalue weighted by Gasteiger charge is 2.37. The molecule has 1 N–H and O–H groups in total. The lowest BCUT2D eigenvalue weighted by molar-refractivity contribution is -0.131. The number of nitrogens with one attached hydrogen (secondary N) is 1. The SMILES string of the molecule is O=C(N1CCc2[nH]nc(-c3ccc(Cl)cc3)c2C1)C(Cl)(Cl)Cl. The van der Waals surface area contributed by atoms with Crippen molar-refractivity contribution in [2.75, 3.05) is 6.54 Å². The molecule has 116 valence electrons. The van der Waals surface area contributed by atoms with Crippen LogP contribution in [0.4, 0.5) is 0 Å². The van der Waals surface area contributed by atoms with Gasteiger partial charge in [-0.3, -0.25) is 9.89 Å². The van der Waals surface area contributed by atoms with Gasteiger partial charge in [0.2, 0.25) is 0 Å². The molecule has 3 rings (SSSR count). The molecule has 22 heavy (non-hydrogen) atoms. The number of aromatic nitrogens is 2. The first-order valence-corrected chi connectivity index (χ1v) is 8.05. The summed E-state index contributed by atoms with van der Waals surface area (Å²) in [5.74, 6) is -0.522. The van der Waals surface area contributed by atoms with Crippen LogP contribution in [0.15, 0.2) is 24.3 Å². The first-order chi connectivity index (χ1) is 10.4. The van der Waals surface area contributed by atoms with E-state index in [9.17, 15) is 4.79 Å². The van der Waals surface area contributed by atoms with Gasteiger partial charge in [0, 0.05) is 41.4 Å². The third-order valence-corrected chi connectivity index (χ3v) is 4.32. The summed E-state index contributed by atoms with van der Waals surface area (Å²) in [4.78, 5) is 13.7. The zero-order chi connectivity index (χ0) is 15.9. The van der Waals surface area contributed by atoms with E-state index in [1.165, 1.54) is 4.90 Å². The average Bonchev–Trinajstić information content (AvgIpc) is 2.89. The third-order valence-electron chi connectivity index (χ3n) is 3.58. The van der Waals surface area contributed by atoms with Gasteiger partial charge in [0.1, 0.15) is 0 Å². The summed E-state index contributed by atoms with van der Waals surface area (Å²) < 4.78 is -1.94. The molecule has 2 heterocycles. The Labute approximate surface area is 147 Å². The number of hydrogen-bond acceptors (Lipinski definition) is 2. The van der Waals surface area contributed by atoms with Crippen LogP contribution in [0.25, 0.3) is 11.3 Å². The molecule has 0 unspecified atom stereocenters. The second-order valence-electron chi connectivity index (χ2n) is 5.01. The van der Waals surface area contributed by atoms with Crippen LogP contribution < -0.4 is 0 Å². The van der Waals surface area contributed by atoms with Gasteiger partial charge in [-0.05, 0) is 12.1 Å². The standard InChI is InChI=1S/C14H11Cl4N3O/c15-9-3-1-8(2-4-9)12-10-7-21(13(22)14(16,17)18)6-5-11(10)19-20-12/h1-4H,5-7H2,(H,19,20). The zero-order valence-corrected chi connectivity index (χ0v) is 14.3. The maximum absolute atomic E-state index is 12.1. The van der Waals surface area contributed by atoms with Crippen LogP contribution in [-0.4, -0.2) is 31.3 Å². The molecule has 1 aliphatic rings. The van der Waals surface area contributed by atoms with Crippen LogP contribution in [0.5, 0.6) is 0 Å². The molecule has 1 aromatic heterocycles. The molecule has 0 fully saturated rings. The second-order valence-corrected chi connectivity index (χ2v) is 7.73. The van der Waals surface area contributed by atoms with Crippen molar-refractivity contribution in [3.8, 4) is 11.3 Å². The molecule has 0 atom stereocenters. The Kier molecular flexibility index (Phi) is 4.29. The molecule has 0 bridgehead atoms. The van der Waals surface area contributed by atoms with E-state index in [4.69, 9.17) is 46.4 Å². The minimum atomic E-state index is -1.94. The number of halogens is 4. The summed E-state index contributed by atoms with van der Waals surface area (Å²) in [7, 11) is 0. The Hall–Kier alpha value is -0.940. The molecule has 0 saturated carbocycles. The molecule has 1 amide bonds. The van der Waals surface area contributed by atoms with Gasteiger partial charge in [-0.15, -0.1) is 0 Å². The van der Waals surface area contributed by atoms with Gasteiger partial charge in [-0.25, -0.2) is 0 Å². The van der Waals surface area contributed by atoms with Crippen molar-refractivity contribution in [1.82, 2.24) is 15.1 Å². The Morgan fingerprint density at radius 1 is 1.23 bits per heavy atom. The zero-order valence-electron chi connectivity index (χ0n) is 11.2. The quantitative estimate of drug-likeness (QED) is 0.763. The molecule has 2 aromatic rings. The summed E-state index contributed by atoms with van der Waals surface area (Å²) >= 11 is 23.0. The topological polar surface area (TPSA) is 49.0 Å². The molecule has 4 nitrogen and oxygen atoms in total. The monoisotopic (exact) mass is 377 g/mol. The van der Waals surface area contributed by atoms with Crippen molar-refractivity contribution in [2.24, 2.45) is 0 Å². The van der Waals surface area contributed by atoms with Gasteiger partial charge in [0.15, 0.2) is 0 Å². The number of benzene rings is 1. The fraction of sp³-hybridized carbons (Fsp3) is 0.286. The molecule has 8 heteroatoms. The number of nitrogens with zero attached hydrogens (tertiary/aromatic N) is 2. The molecular formula is C14H11Cl4N3O. The first-order valence-electron chi connectivity index (χ1n) is 6.54. The highest BCUT2D eigenvalue weighted by molar-refractivity contribution is 6.76. The maximum atomic E-state index is 12.1. The van der Waals surface area contributed by atoms with Gasteiger partial charge in [-0.1, -0.05) is 58.5 Å². The third kappa shape index (κ3) is 3.06. The highest BCUT2D eigenvalue weighted by atomic mass is 35.6. The number of aromatic amines is 1. The van der Waals surface area contributed by atoms with E-state index in [1.54, 1.807) is 12.1 Å². The summed E-state index contributed by atoms with van der Waals surface area (Å²) in [6.45, 7) is 0.846. The van der Waals surface area contributed by atoms with Crippen molar-refractivity contribution >= 4 is 52.3 Å². The van der Waals surface area contributed by atoms with Crippen LogP contribution in [0.3, 0.4) is 0 Å². The van der Waals surface area contributed by atoms with Gasteiger partial charge >= 0.3 is 0 Å². The number of amides is 1. The van der Waals surface area contributed by atoms with Gasteiger partial charge < -0.3 is 4.90 Å². The maximum Gasteiger partial charge on any atom is 0.275 e. The van der Waals surface area contributed by atoms with Crippen molar-refractivity contribution in [2.45, 2.75) is 16.8 Å². The van der Waals surface area contributed by atoms with Crippen LogP contribution in [0, 0.1) is 0 Å². The highest BCUT2D eigenvalue weighted by Crippen LogP contribution is 2.33. The number of carbonyl (C=O) groups is 1. The van der Waals surface area contributed by atoms with Crippen LogP contribution >= 0.6 is 46.4 Å². The number of rotatable bonds is 1. The fourth-order valence-corrected chi connectivity index (χ4v) is 2.98. The van der Waals surface area contributed by atoms with E-state index in [-0.39, 0.29) is 0 Å². The van der Waals surface area contributed by atoms with Crippen molar-refractivity contribution in [3.63, 3.8) is 0 Å². The Bertz CT molecular complexity index is 706. The molecule has 0 aliphatic carbocycles. The van der Waals surface area contributed by atoms with Gasteiger partial charge in [0.25, 0.3) is 9.70 Å². The van der Waals surface area contributed by atoms with Crippen LogP contribution in [0.1, 0.15) is 11.3 Å². The molecule has 0 radical (unpaired) electrons. The minimum absolute atomic E-state index is 0.358. The smallest absolute Gasteiger partial charge is 0.275 e. The molecule has 1 aromatic carbocycles. The van der Waals surface area contributed by atoms with E-state index in [0.717, 1.165) is 22.5 Å².